The number of fused-ring (bicyclic) bond motifs is 1. The number of hydrogen-bond acceptors (Lipinski definition) is 2. The predicted octanol–water partition coefficient (Wildman–Crippen LogP) is 4.23. The first-order valence-corrected chi connectivity index (χ1v) is 9.74. The minimum Gasteiger partial charge on any atom is -0.338 e. The van der Waals surface area contributed by atoms with Crippen molar-refractivity contribution in [3.05, 3.63) is 52.3 Å². The molecule has 3 rings (SSSR count). The third-order valence-corrected chi connectivity index (χ3v) is 5.60. The Morgan fingerprint density at radius 2 is 2.04 bits per heavy atom. The molecule has 1 aliphatic carbocycles. The van der Waals surface area contributed by atoms with Crippen LogP contribution in [0.2, 0.25) is 0 Å². The summed E-state index contributed by atoms with van der Waals surface area (Å²) in [5.74, 6) is 0.722. The van der Waals surface area contributed by atoms with Gasteiger partial charge in [0.2, 0.25) is 5.91 Å². The monoisotopic (exact) mass is 353 g/mol. The molecule has 0 radical (unpaired) electrons. The molecule has 1 aliphatic rings. The Balaban J connectivity index is 1.78. The summed E-state index contributed by atoms with van der Waals surface area (Å²) in [6.45, 7) is 9.38. The van der Waals surface area contributed by atoms with Crippen LogP contribution in [0.5, 0.6) is 0 Å². The van der Waals surface area contributed by atoms with E-state index in [0.717, 1.165) is 42.8 Å². The maximum absolute atomic E-state index is 13.0. The Hall–Kier alpha value is -2.10. The van der Waals surface area contributed by atoms with Crippen molar-refractivity contribution in [2.24, 2.45) is 5.92 Å². The lowest BCUT2D eigenvalue weighted by Crippen LogP contribution is -2.34. The average molecular weight is 354 g/mol. The van der Waals surface area contributed by atoms with E-state index < -0.39 is 0 Å². The van der Waals surface area contributed by atoms with Crippen LogP contribution < -0.4 is 0 Å². The molecule has 2 aromatic rings. The number of nitrogens with zero attached hydrogens (tertiary/aromatic N) is 3. The summed E-state index contributed by atoms with van der Waals surface area (Å²) >= 11 is 0. The van der Waals surface area contributed by atoms with E-state index in [-0.39, 0.29) is 11.9 Å². The molecule has 1 amide bonds. The van der Waals surface area contributed by atoms with E-state index in [9.17, 15) is 4.79 Å². The average Bonchev–Trinajstić information content (AvgIpc) is 2.87. The van der Waals surface area contributed by atoms with Crippen LogP contribution in [0.15, 0.2) is 24.3 Å². The molecular weight excluding hydrogens is 322 g/mol. The Bertz CT molecular complexity index is 791. The fraction of sp³-hybridized carbons (Fsp3) is 0.545. The van der Waals surface area contributed by atoms with E-state index in [1.54, 1.807) is 0 Å². The van der Waals surface area contributed by atoms with E-state index in [1.807, 2.05) is 18.9 Å². The summed E-state index contributed by atoms with van der Waals surface area (Å²) in [5.41, 5.74) is 5.90. The number of hydrogen-bond donors (Lipinski definition) is 0. The van der Waals surface area contributed by atoms with Gasteiger partial charge < -0.3 is 4.90 Å². The lowest BCUT2D eigenvalue weighted by atomic mass is 9.87. The van der Waals surface area contributed by atoms with Crippen molar-refractivity contribution in [2.45, 2.75) is 66.0 Å². The van der Waals surface area contributed by atoms with Crippen molar-refractivity contribution in [1.82, 2.24) is 14.7 Å². The third kappa shape index (κ3) is 3.69. The summed E-state index contributed by atoms with van der Waals surface area (Å²) in [6.07, 6.45) is 3.74. The van der Waals surface area contributed by atoms with E-state index in [2.05, 4.69) is 54.8 Å². The molecule has 0 saturated carbocycles. The van der Waals surface area contributed by atoms with Crippen molar-refractivity contribution in [3.63, 3.8) is 0 Å². The van der Waals surface area contributed by atoms with Crippen molar-refractivity contribution < 1.29 is 4.79 Å². The largest absolute Gasteiger partial charge is 0.338 e. The zero-order chi connectivity index (χ0) is 18.8. The number of amides is 1. The summed E-state index contributed by atoms with van der Waals surface area (Å²) < 4.78 is 2.05. The van der Waals surface area contributed by atoms with Gasteiger partial charge in [0.15, 0.2) is 0 Å². The fourth-order valence-electron chi connectivity index (χ4n) is 4.09. The molecule has 1 unspecified atom stereocenters. The molecule has 0 spiro atoms. The Morgan fingerprint density at radius 3 is 2.77 bits per heavy atom. The van der Waals surface area contributed by atoms with E-state index in [0.29, 0.717) is 12.3 Å². The second kappa shape index (κ2) is 7.65. The van der Waals surface area contributed by atoms with Crippen molar-refractivity contribution in [1.29, 1.82) is 0 Å². The van der Waals surface area contributed by atoms with Gasteiger partial charge in [-0.2, -0.15) is 5.10 Å². The molecule has 4 heteroatoms. The minimum absolute atomic E-state index is 0.182. The Labute approximate surface area is 157 Å². The van der Waals surface area contributed by atoms with Crippen molar-refractivity contribution >= 4 is 5.91 Å². The number of likely N-dealkylation sites (N-methyl/N-ethyl adjacent to an activating group) is 1. The summed E-state index contributed by atoms with van der Waals surface area (Å²) in [7, 11) is 1.96. The zero-order valence-corrected chi connectivity index (χ0v) is 16.7. The van der Waals surface area contributed by atoms with Gasteiger partial charge in [-0.05, 0) is 50.2 Å². The molecule has 1 aromatic heterocycles. The lowest BCUT2D eigenvalue weighted by molar-refractivity contribution is -0.131. The van der Waals surface area contributed by atoms with Crippen molar-refractivity contribution in [3.8, 4) is 0 Å². The van der Waals surface area contributed by atoms with Crippen molar-refractivity contribution in [2.75, 3.05) is 7.05 Å². The van der Waals surface area contributed by atoms with Gasteiger partial charge in [0.05, 0.1) is 18.2 Å². The van der Waals surface area contributed by atoms with Gasteiger partial charge in [0.1, 0.15) is 0 Å². The van der Waals surface area contributed by atoms with Gasteiger partial charge in [-0.15, -0.1) is 0 Å². The maximum Gasteiger partial charge on any atom is 0.227 e. The Kier molecular flexibility index (Phi) is 5.49. The van der Waals surface area contributed by atoms with Crippen LogP contribution >= 0.6 is 0 Å². The zero-order valence-electron chi connectivity index (χ0n) is 16.7. The molecule has 0 bridgehead atoms. The second-order valence-electron chi connectivity index (χ2n) is 8.01. The number of rotatable bonds is 5. The number of aryl methyl sites for hydroxylation is 2. The molecule has 1 heterocycles. The molecule has 4 nitrogen and oxygen atoms in total. The van der Waals surface area contributed by atoms with Gasteiger partial charge in [-0.1, -0.05) is 38.1 Å². The highest BCUT2D eigenvalue weighted by Crippen LogP contribution is 2.33. The van der Waals surface area contributed by atoms with E-state index in [1.165, 1.54) is 11.1 Å². The molecule has 140 valence electrons. The molecule has 0 aliphatic heterocycles. The molecule has 1 atom stereocenters. The highest BCUT2D eigenvalue weighted by molar-refractivity contribution is 5.79. The van der Waals surface area contributed by atoms with Gasteiger partial charge in [-0.3, -0.25) is 9.48 Å². The topological polar surface area (TPSA) is 38.1 Å². The normalized spacial score (nSPS) is 16.6. The Morgan fingerprint density at radius 1 is 1.31 bits per heavy atom. The molecule has 0 N–H and O–H groups in total. The smallest absolute Gasteiger partial charge is 0.227 e. The van der Waals surface area contributed by atoms with Gasteiger partial charge in [0.25, 0.3) is 0 Å². The number of benzene rings is 1. The predicted molar refractivity (Wildman–Crippen MR) is 105 cm³/mol. The molecule has 1 aromatic carbocycles. The lowest BCUT2D eigenvalue weighted by Gasteiger charge is -2.33. The first-order chi connectivity index (χ1) is 12.4. The summed E-state index contributed by atoms with van der Waals surface area (Å²) in [5, 5.41) is 4.66. The third-order valence-electron chi connectivity index (χ3n) is 5.60. The molecule has 0 saturated heterocycles. The quantitative estimate of drug-likeness (QED) is 0.806. The van der Waals surface area contributed by atoms with Crippen LogP contribution in [0, 0.1) is 19.8 Å². The first-order valence-electron chi connectivity index (χ1n) is 9.74. The standard InChI is InChI=1S/C22H31N3O/c1-15(2)14-25-17(4)20(16(3)23-25)13-22(26)24(5)21-12-8-10-18-9-6-7-11-19(18)21/h6-7,9,11,15,21H,8,10,12-14H2,1-5H3. The summed E-state index contributed by atoms with van der Waals surface area (Å²) in [6, 6.07) is 8.75. The van der Waals surface area contributed by atoms with Crippen LogP contribution in [-0.4, -0.2) is 27.6 Å². The second-order valence-corrected chi connectivity index (χ2v) is 8.01. The minimum atomic E-state index is 0.182. The highest BCUT2D eigenvalue weighted by atomic mass is 16.2. The van der Waals surface area contributed by atoms with Gasteiger partial charge in [-0.25, -0.2) is 0 Å². The van der Waals surface area contributed by atoms with E-state index >= 15 is 0 Å². The van der Waals surface area contributed by atoms with Crippen LogP contribution in [0.4, 0.5) is 0 Å². The van der Waals surface area contributed by atoms with Crippen LogP contribution in [0.3, 0.4) is 0 Å². The highest BCUT2D eigenvalue weighted by Gasteiger charge is 2.27. The number of carbonyl (C=O) groups excluding carboxylic acids is 1. The SMILES string of the molecule is Cc1nn(CC(C)C)c(C)c1CC(=O)N(C)C1CCCc2ccccc21. The van der Waals surface area contributed by atoms with E-state index in [4.69, 9.17) is 0 Å². The van der Waals surface area contributed by atoms with Gasteiger partial charge in [0, 0.05) is 24.8 Å². The first kappa shape index (κ1) is 18.7. The molecule has 0 fully saturated rings. The van der Waals surface area contributed by atoms with Crippen LogP contribution in [-0.2, 0) is 24.2 Å². The number of aromatic nitrogens is 2. The summed E-state index contributed by atoms with van der Waals surface area (Å²) in [4.78, 5) is 15.0. The maximum atomic E-state index is 13.0. The van der Waals surface area contributed by atoms with Crippen LogP contribution in [0.1, 0.15) is 60.8 Å². The fourth-order valence-corrected chi connectivity index (χ4v) is 4.09. The molecule has 26 heavy (non-hydrogen) atoms. The van der Waals surface area contributed by atoms with Crippen LogP contribution in [0.25, 0.3) is 0 Å². The van der Waals surface area contributed by atoms with Gasteiger partial charge >= 0.3 is 0 Å². The number of carbonyl (C=O) groups is 1. The molecular formula is C22H31N3O.